The highest BCUT2D eigenvalue weighted by Crippen LogP contribution is 2.44. The molecule has 16 heavy (non-hydrogen) atoms. The summed E-state index contributed by atoms with van der Waals surface area (Å²) in [5, 5.41) is 0. The van der Waals surface area contributed by atoms with Gasteiger partial charge in [0, 0.05) is 11.5 Å². The number of likely N-dealkylation sites (N-methyl/N-ethyl adjacent to an activating group) is 1. The molecule has 84 valence electrons. The molecule has 3 heteroatoms. The maximum Gasteiger partial charge on any atom is 0.384 e. The number of hydrogen-bond donors (Lipinski definition) is 0. The summed E-state index contributed by atoms with van der Waals surface area (Å²) in [7, 11) is 4.36. The van der Waals surface area contributed by atoms with E-state index >= 15 is 0 Å². The highest BCUT2D eigenvalue weighted by Gasteiger charge is 2.52. The second-order valence-corrected chi connectivity index (χ2v) is 5.25. The van der Waals surface area contributed by atoms with Crippen LogP contribution in [0.15, 0.2) is 17.7 Å². The van der Waals surface area contributed by atoms with Crippen LogP contribution in [0, 0.1) is 5.41 Å². The van der Waals surface area contributed by atoms with E-state index in [1.54, 1.807) is 0 Å². The third kappa shape index (κ3) is 1.30. The Morgan fingerprint density at radius 1 is 1.31 bits per heavy atom. The van der Waals surface area contributed by atoms with Gasteiger partial charge in [0.25, 0.3) is 0 Å². The van der Waals surface area contributed by atoms with Crippen molar-refractivity contribution >= 4 is 11.7 Å². The van der Waals surface area contributed by atoms with Gasteiger partial charge >= 0.3 is 5.84 Å². The molecule has 3 aliphatic rings. The van der Waals surface area contributed by atoms with Gasteiger partial charge in [0.2, 0.25) is 0 Å². The average Bonchev–Trinajstić information content (AvgIpc) is 2.58. The Balaban J connectivity index is 1.97. The minimum atomic E-state index is 0.360. The molecule has 0 aromatic carbocycles. The summed E-state index contributed by atoms with van der Waals surface area (Å²) in [6.07, 6.45) is 6.69. The van der Waals surface area contributed by atoms with Crippen molar-refractivity contribution in [1.29, 1.82) is 0 Å². The minimum absolute atomic E-state index is 0.360. The molecule has 0 aromatic heterocycles. The van der Waals surface area contributed by atoms with Gasteiger partial charge in [0.15, 0.2) is 5.87 Å². The predicted octanol–water partition coefficient (Wildman–Crippen LogP) is 0.275. The van der Waals surface area contributed by atoms with Crippen LogP contribution in [0.4, 0.5) is 0 Å². The lowest BCUT2D eigenvalue weighted by atomic mass is 9.74. The van der Waals surface area contributed by atoms with Crippen LogP contribution in [0.5, 0.6) is 0 Å². The fraction of sp³-hybridized carbons (Fsp3) is 0.615. The standard InChI is InChI=1S/C13H18N3/c1-15-8-5-13(6-9-15)10-16(2)12-11(13)4-3-7-14-12/h3-4H,5-6,8-10H2,1-2H3/q+1. The quantitative estimate of drug-likeness (QED) is 0.542. The summed E-state index contributed by atoms with van der Waals surface area (Å²) >= 11 is 0. The van der Waals surface area contributed by atoms with Gasteiger partial charge in [-0.3, -0.25) is 0 Å². The van der Waals surface area contributed by atoms with E-state index in [9.17, 15) is 0 Å². The van der Waals surface area contributed by atoms with Crippen molar-refractivity contribution in [2.75, 3.05) is 33.7 Å². The Morgan fingerprint density at radius 2 is 2.06 bits per heavy atom. The predicted molar refractivity (Wildman–Crippen MR) is 66.6 cm³/mol. The highest BCUT2D eigenvalue weighted by molar-refractivity contribution is 6.03. The first-order valence-corrected chi connectivity index (χ1v) is 5.99. The summed E-state index contributed by atoms with van der Waals surface area (Å²) in [5.74, 6) is 4.10. The van der Waals surface area contributed by atoms with E-state index < -0.39 is 0 Å². The minimum Gasteiger partial charge on any atom is -0.306 e. The van der Waals surface area contributed by atoms with Crippen LogP contribution in [0.25, 0.3) is 0 Å². The first-order chi connectivity index (χ1) is 7.71. The molecule has 0 unspecified atom stereocenters. The maximum absolute atomic E-state index is 4.40. The van der Waals surface area contributed by atoms with Crippen molar-refractivity contribution in [3.63, 3.8) is 0 Å². The van der Waals surface area contributed by atoms with Gasteiger partial charge in [0.05, 0.1) is 19.2 Å². The van der Waals surface area contributed by atoms with E-state index in [0.29, 0.717) is 5.41 Å². The van der Waals surface area contributed by atoms with E-state index in [2.05, 4.69) is 40.5 Å². The molecule has 3 aliphatic heterocycles. The Hall–Kier alpha value is -1.27. The Kier molecular flexibility index (Phi) is 2.08. The van der Waals surface area contributed by atoms with Crippen LogP contribution < -0.4 is 4.67 Å². The maximum atomic E-state index is 4.40. The second kappa shape index (κ2) is 3.36. The Labute approximate surface area is 96.5 Å². The van der Waals surface area contributed by atoms with Crippen molar-refractivity contribution in [2.24, 2.45) is 5.41 Å². The van der Waals surface area contributed by atoms with E-state index in [1.165, 1.54) is 31.5 Å². The molecule has 0 aliphatic carbocycles. The number of amidine groups is 1. The van der Waals surface area contributed by atoms with Crippen molar-refractivity contribution in [3.05, 3.63) is 17.7 Å². The number of likely N-dealkylation sites (tertiary alicyclic amines) is 2. The van der Waals surface area contributed by atoms with Crippen LogP contribution >= 0.6 is 0 Å². The molecular formula is C13H18N3+. The molecular weight excluding hydrogens is 198 g/mol. The van der Waals surface area contributed by atoms with E-state index in [4.69, 9.17) is 0 Å². The summed E-state index contributed by atoms with van der Waals surface area (Å²) in [6, 6.07) is 0. The number of fused-ring (bicyclic) bond motifs is 2. The highest BCUT2D eigenvalue weighted by atomic mass is 15.2. The molecule has 0 saturated carbocycles. The molecule has 2 fully saturated rings. The number of nitrogens with zero attached hydrogens (tertiary/aromatic N) is 3. The van der Waals surface area contributed by atoms with Crippen LogP contribution in [0.2, 0.25) is 0 Å². The zero-order chi connectivity index (χ0) is 11.2. The third-order valence-corrected chi connectivity index (χ3v) is 4.15. The number of rotatable bonds is 0. The average molecular weight is 216 g/mol. The van der Waals surface area contributed by atoms with Crippen molar-refractivity contribution < 1.29 is 0 Å². The molecule has 0 radical (unpaired) electrons. The smallest absolute Gasteiger partial charge is 0.306 e. The molecule has 2 saturated heterocycles. The summed E-state index contributed by atoms with van der Waals surface area (Å²) in [5.41, 5.74) is 1.81. The summed E-state index contributed by atoms with van der Waals surface area (Å²) in [4.78, 5) is 4.71. The lowest BCUT2D eigenvalue weighted by Gasteiger charge is -2.36. The van der Waals surface area contributed by atoms with E-state index in [-0.39, 0.29) is 0 Å². The molecule has 0 amide bonds. The Bertz CT molecular complexity index is 440. The molecule has 1 spiro atoms. The molecule has 0 atom stereocenters. The first kappa shape index (κ1) is 9.92. The van der Waals surface area contributed by atoms with Gasteiger partial charge in [-0.15, -0.1) is 0 Å². The normalized spacial score (nSPS) is 27.0. The van der Waals surface area contributed by atoms with E-state index in [0.717, 1.165) is 12.4 Å². The SMILES string of the molecule is CN1CCC2(CC1)CN(C)C1=[N+]=C=CC=C12. The van der Waals surface area contributed by atoms with E-state index in [1.807, 2.05) is 6.08 Å². The van der Waals surface area contributed by atoms with Gasteiger partial charge in [0.1, 0.15) is 0 Å². The zero-order valence-corrected chi connectivity index (χ0v) is 10.0. The van der Waals surface area contributed by atoms with Crippen LogP contribution in [-0.2, 0) is 0 Å². The zero-order valence-electron chi connectivity index (χ0n) is 10.0. The van der Waals surface area contributed by atoms with Gasteiger partial charge in [-0.25, -0.2) is 4.90 Å². The first-order valence-electron chi connectivity index (χ1n) is 5.99. The number of hydrogen-bond acceptors (Lipinski definition) is 2. The lowest BCUT2D eigenvalue weighted by Crippen LogP contribution is -2.40. The van der Waals surface area contributed by atoms with Crippen LogP contribution in [0.1, 0.15) is 12.8 Å². The Morgan fingerprint density at radius 3 is 2.81 bits per heavy atom. The fourth-order valence-electron chi connectivity index (χ4n) is 3.15. The van der Waals surface area contributed by atoms with Gasteiger partial charge in [-0.2, -0.15) is 4.67 Å². The molecule has 3 nitrogen and oxygen atoms in total. The lowest BCUT2D eigenvalue weighted by molar-refractivity contribution is 0.154. The third-order valence-electron chi connectivity index (χ3n) is 4.15. The topological polar surface area (TPSA) is 20.6 Å². The van der Waals surface area contributed by atoms with Crippen LogP contribution in [0.3, 0.4) is 0 Å². The van der Waals surface area contributed by atoms with Gasteiger partial charge < -0.3 is 4.90 Å². The fourth-order valence-corrected chi connectivity index (χ4v) is 3.15. The summed E-state index contributed by atoms with van der Waals surface area (Å²) < 4.78 is 4.40. The molecule has 0 bridgehead atoms. The number of piperidine rings is 1. The van der Waals surface area contributed by atoms with Gasteiger partial charge in [-0.1, -0.05) is 0 Å². The molecule has 3 heterocycles. The van der Waals surface area contributed by atoms with Gasteiger partial charge in [-0.05, 0) is 39.1 Å². The van der Waals surface area contributed by atoms with Crippen molar-refractivity contribution in [3.8, 4) is 0 Å². The van der Waals surface area contributed by atoms with Crippen molar-refractivity contribution in [1.82, 2.24) is 14.5 Å². The largest absolute Gasteiger partial charge is 0.384 e. The number of allylic oxidation sites excluding steroid dienone is 2. The van der Waals surface area contributed by atoms with Crippen LogP contribution in [-0.4, -0.2) is 55.2 Å². The molecule has 0 N–H and O–H groups in total. The second-order valence-electron chi connectivity index (χ2n) is 5.25. The molecule has 0 aromatic rings. The van der Waals surface area contributed by atoms with Crippen molar-refractivity contribution in [2.45, 2.75) is 12.8 Å². The molecule has 3 rings (SSSR count). The summed E-state index contributed by atoms with van der Waals surface area (Å²) in [6.45, 7) is 3.53. The monoisotopic (exact) mass is 216 g/mol.